The summed E-state index contributed by atoms with van der Waals surface area (Å²) < 4.78 is 10.8. The molecule has 0 aromatic carbocycles. The van der Waals surface area contributed by atoms with Crippen molar-refractivity contribution in [3.05, 3.63) is 34.5 Å². The van der Waals surface area contributed by atoms with Crippen molar-refractivity contribution < 1.29 is 14.2 Å². The van der Waals surface area contributed by atoms with Gasteiger partial charge in [0.25, 0.3) is 5.91 Å². The van der Waals surface area contributed by atoms with Crippen molar-refractivity contribution in [3.8, 4) is 9.75 Å². The number of hydrogen-bond acceptors (Lipinski definition) is 5. The third-order valence-corrected chi connectivity index (χ3v) is 7.84. The number of amides is 1. The highest BCUT2D eigenvalue weighted by molar-refractivity contribution is 7.86. The van der Waals surface area contributed by atoms with Crippen LogP contribution in [0.25, 0.3) is 9.75 Å². The van der Waals surface area contributed by atoms with Crippen molar-refractivity contribution in [2.24, 2.45) is 0 Å². The van der Waals surface area contributed by atoms with Gasteiger partial charge < -0.3 is 0 Å². The number of thiophene rings is 2. The maximum absolute atomic E-state index is 11.8. The van der Waals surface area contributed by atoms with Gasteiger partial charge in [-0.25, -0.2) is 5.48 Å². The van der Waals surface area contributed by atoms with E-state index in [2.05, 4.69) is 29.6 Å². The van der Waals surface area contributed by atoms with Gasteiger partial charge in [0, 0.05) is 31.7 Å². The molecule has 0 fully saturated rings. The molecular weight excluding hydrogens is 350 g/mol. The number of rotatable bonds is 8. The third kappa shape index (κ3) is 4.50. The molecule has 7 heteroatoms. The molecule has 0 spiro atoms. The van der Waals surface area contributed by atoms with Crippen molar-refractivity contribution in [1.82, 2.24) is 5.48 Å². The lowest BCUT2D eigenvalue weighted by atomic mass is 10.0. The predicted octanol–water partition coefficient (Wildman–Crippen LogP) is 3.83. The average molecular weight is 372 g/mol. The normalized spacial score (nSPS) is 15.1. The molecule has 0 saturated carbocycles. The quantitative estimate of drug-likeness (QED) is 0.421. The van der Waals surface area contributed by atoms with Gasteiger partial charge in [-0.2, -0.15) is 0 Å². The van der Waals surface area contributed by atoms with Crippen LogP contribution in [0.5, 0.6) is 0 Å². The molecule has 2 unspecified atom stereocenters. The van der Waals surface area contributed by atoms with Crippen molar-refractivity contribution >= 4 is 39.4 Å². The van der Waals surface area contributed by atoms with Gasteiger partial charge in [0.2, 0.25) is 0 Å². The second-order valence-corrected chi connectivity index (χ2v) is 9.50. The van der Waals surface area contributed by atoms with Crippen LogP contribution >= 0.6 is 22.7 Å². The first-order valence-electron chi connectivity index (χ1n) is 7.38. The monoisotopic (exact) mass is 371 g/mol. The molecule has 2 aromatic rings. The fourth-order valence-electron chi connectivity index (χ4n) is 2.33. The zero-order valence-corrected chi connectivity index (χ0v) is 15.7. The van der Waals surface area contributed by atoms with Crippen molar-refractivity contribution in [1.29, 1.82) is 0 Å². The molecule has 0 saturated heterocycles. The summed E-state index contributed by atoms with van der Waals surface area (Å²) in [6.07, 6.45) is 4.66. The van der Waals surface area contributed by atoms with Gasteiger partial charge >= 0.3 is 0 Å². The first-order valence-corrected chi connectivity index (χ1v) is 10.6. The minimum Gasteiger partial charge on any atom is -0.289 e. The number of carbonyl (C=O) groups is 1. The molecule has 2 N–H and O–H groups in total. The summed E-state index contributed by atoms with van der Waals surface area (Å²) in [5.41, 5.74) is 1.64. The number of unbranched alkanes of at least 4 members (excludes halogenated alkanes) is 1. The van der Waals surface area contributed by atoms with E-state index >= 15 is 0 Å². The molecule has 2 aromatic heterocycles. The summed E-state index contributed by atoms with van der Waals surface area (Å²) in [6, 6.07) is 8.47. The van der Waals surface area contributed by atoms with E-state index in [-0.39, 0.29) is 0 Å². The summed E-state index contributed by atoms with van der Waals surface area (Å²) in [5.74, 6) is -0.575. The lowest BCUT2D eigenvalue weighted by Crippen LogP contribution is -2.46. The molecule has 4 nitrogen and oxygen atoms in total. The molecule has 2 rings (SSSR count). The molecule has 0 aliphatic carbocycles. The molecule has 23 heavy (non-hydrogen) atoms. The van der Waals surface area contributed by atoms with Crippen LogP contribution in [0.3, 0.4) is 0 Å². The molecule has 0 bridgehead atoms. The summed E-state index contributed by atoms with van der Waals surface area (Å²) >= 11 is 3.54. The van der Waals surface area contributed by atoms with Gasteiger partial charge in [-0.05, 0) is 49.8 Å². The number of carbonyl (C=O) groups excluding carboxylic acids is 1. The zero-order valence-electron chi connectivity index (χ0n) is 13.2. The van der Waals surface area contributed by atoms with Crippen LogP contribution < -0.4 is 5.48 Å². The van der Waals surface area contributed by atoms with E-state index < -0.39 is 21.5 Å². The molecule has 2 atom stereocenters. The molecule has 2 heterocycles. The fraction of sp³-hybridized carbons (Fsp3) is 0.438. The van der Waals surface area contributed by atoms with E-state index in [9.17, 15) is 9.00 Å². The largest absolute Gasteiger partial charge is 0.289 e. The van der Waals surface area contributed by atoms with E-state index in [1.807, 2.05) is 0 Å². The molecule has 0 aliphatic heterocycles. The number of nitrogens with one attached hydrogen (secondary N) is 1. The van der Waals surface area contributed by atoms with E-state index in [0.29, 0.717) is 6.42 Å². The average Bonchev–Trinajstić information content (AvgIpc) is 3.20. The minimum absolute atomic E-state index is 0.492. The van der Waals surface area contributed by atoms with E-state index in [4.69, 9.17) is 5.21 Å². The van der Waals surface area contributed by atoms with Crippen LogP contribution in [0, 0.1) is 0 Å². The number of hydrogen-bond donors (Lipinski definition) is 2. The second kappa shape index (κ2) is 8.19. The fourth-order valence-corrected chi connectivity index (χ4v) is 4.95. The van der Waals surface area contributed by atoms with Crippen LogP contribution in [-0.4, -0.2) is 26.3 Å². The minimum atomic E-state index is -1.33. The van der Waals surface area contributed by atoms with Crippen LogP contribution in [0.2, 0.25) is 0 Å². The Kier molecular flexibility index (Phi) is 6.52. The number of aryl methyl sites for hydroxylation is 1. The molecule has 1 amide bonds. The van der Waals surface area contributed by atoms with Crippen LogP contribution in [0.4, 0.5) is 0 Å². The van der Waals surface area contributed by atoms with Gasteiger partial charge in [-0.3, -0.25) is 14.2 Å². The van der Waals surface area contributed by atoms with Crippen LogP contribution in [0.15, 0.2) is 29.6 Å². The molecule has 0 aliphatic rings. The third-order valence-electron chi connectivity index (χ3n) is 3.97. The van der Waals surface area contributed by atoms with Crippen LogP contribution in [-0.2, 0) is 22.0 Å². The first kappa shape index (κ1) is 18.3. The highest BCUT2D eigenvalue weighted by Gasteiger charge is 2.36. The van der Waals surface area contributed by atoms with Gasteiger partial charge in [-0.1, -0.05) is 12.5 Å². The Hall–Kier alpha value is -1.02. The molecule has 126 valence electrons. The van der Waals surface area contributed by atoms with Crippen molar-refractivity contribution in [2.45, 2.75) is 37.4 Å². The SMILES string of the molecule is CS(=O)C(C)(CCCCc1ccc(-c2cccs2)s1)C(=O)NO. The van der Waals surface area contributed by atoms with Gasteiger partial charge in [0.05, 0.1) is 0 Å². The Morgan fingerprint density at radius 3 is 2.70 bits per heavy atom. The van der Waals surface area contributed by atoms with Gasteiger partial charge in [-0.15, -0.1) is 22.7 Å². The predicted molar refractivity (Wildman–Crippen MR) is 97.6 cm³/mol. The molecule has 0 radical (unpaired) electrons. The summed E-state index contributed by atoms with van der Waals surface area (Å²) in [4.78, 5) is 15.6. The first-order chi connectivity index (χ1) is 11.0. The highest BCUT2D eigenvalue weighted by atomic mass is 32.2. The van der Waals surface area contributed by atoms with Crippen molar-refractivity contribution in [2.75, 3.05) is 6.26 Å². The Bertz CT molecular complexity index is 666. The standard InChI is InChI=1S/C16H21NO3S3/c1-16(23(2)20,15(18)17-19)10-4-3-6-12-8-9-14(22-12)13-7-5-11-21-13/h5,7-9,11,19H,3-4,6,10H2,1-2H3,(H,17,18). The van der Waals surface area contributed by atoms with E-state index in [1.54, 1.807) is 35.1 Å². The maximum atomic E-state index is 11.8. The second-order valence-electron chi connectivity index (χ2n) is 5.58. The molecular formula is C16H21NO3S3. The Morgan fingerprint density at radius 1 is 1.30 bits per heavy atom. The summed E-state index contributed by atoms with van der Waals surface area (Å²) in [5, 5.41) is 10.9. The van der Waals surface area contributed by atoms with Gasteiger partial charge in [0.1, 0.15) is 4.75 Å². The highest BCUT2D eigenvalue weighted by Crippen LogP contribution is 2.32. The summed E-state index contributed by atoms with van der Waals surface area (Å²) in [7, 11) is -1.33. The Labute approximate surface area is 147 Å². The lowest BCUT2D eigenvalue weighted by molar-refractivity contribution is -0.131. The van der Waals surface area contributed by atoms with Gasteiger partial charge in [0.15, 0.2) is 0 Å². The van der Waals surface area contributed by atoms with Crippen LogP contribution in [0.1, 0.15) is 31.1 Å². The van der Waals surface area contributed by atoms with Crippen molar-refractivity contribution in [3.63, 3.8) is 0 Å². The Morgan fingerprint density at radius 2 is 2.09 bits per heavy atom. The zero-order chi connectivity index (χ0) is 16.9. The van der Waals surface area contributed by atoms with E-state index in [1.165, 1.54) is 20.9 Å². The maximum Gasteiger partial charge on any atom is 0.261 e. The topological polar surface area (TPSA) is 66.4 Å². The number of hydroxylamine groups is 1. The summed E-state index contributed by atoms with van der Waals surface area (Å²) in [6.45, 7) is 1.63. The lowest BCUT2D eigenvalue weighted by Gasteiger charge is -2.24. The van der Waals surface area contributed by atoms with E-state index in [0.717, 1.165) is 19.3 Å². The Balaban J connectivity index is 1.85. The smallest absolute Gasteiger partial charge is 0.261 e.